The molecule has 0 bridgehead atoms. The summed E-state index contributed by atoms with van der Waals surface area (Å²) in [5, 5.41) is 0. The number of methoxy groups -OCH3 is 1. The zero-order valence-electron chi connectivity index (χ0n) is 9.52. The molecule has 0 aromatic heterocycles. The van der Waals surface area contributed by atoms with Crippen LogP contribution in [0.5, 0.6) is 0 Å². The summed E-state index contributed by atoms with van der Waals surface area (Å²) in [7, 11) is 3.76. The second kappa shape index (κ2) is 6.43. The van der Waals surface area contributed by atoms with E-state index in [4.69, 9.17) is 10.5 Å². The molecule has 1 atom stereocenters. The molecular formula is C12H20N2O. The maximum absolute atomic E-state index is 5.98. The second-order valence-electron chi connectivity index (χ2n) is 3.76. The van der Waals surface area contributed by atoms with Gasteiger partial charge in [-0.05, 0) is 18.6 Å². The highest BCUT2D eigenvalue weighted by Crippen LogP contribution is 2.11. The van der Waals surface area contributed by atoms with Gasteiger partial charge < -0.3 is 15.4 Å². The third-order valence-electron chi connectivity index (χ3n) is 2.40. The smallest absolute Gasteiger partial charge is 0.0477 e. The molecule has 0 saturated heterocycles. The van der Waals surface area contributed by atoms with Gasteiger partial charge >= 0.3 is 0 Å². The summed E-state index contributed by atoms with van der Waals surface area (Å²) in [6.07, 6.45) is 0.897. The van der Waals surface area contributed by atoms with E-state index in [9.17, 15) is 0 Å². The molecule has 0 aliphatic carbocycles. The number of rotatable bonds is 6. The van der Waals surface area contributed by atoms with Crippen LogP contribution in [-0.4, -0.2) is 33.4 Å². The topological polar surface area (TPSA) is 38.5 Å². The Bertz CT molecular complexity index is 264. The van der Waals surface area contributed by atoms with Gasteiger partial charge in [-0.1, -0.05) is 18.2 Å². The van der Waals surface area contributed by atoms with Crippen LogP contribution >= 0.6 is 0 Å². The van der Waals surface area contributed by atoms with Crippen molar-refractivity contribution in [1.29, 1.82) is 0 Å². The Balaban J connectivity index is 2.38. The van der Waals surface area contributed by atoms with Crippen LogP contribution in [0.1, 0.15) is 6.42 Å². The Labute approximate surface area is 91.8 Å². The van der Waals surface area contributed by atoms with Crippen LogP contribution in [0.25, 0.3) is 0 Å². The van der Waals surface area contributed by atoms with Crippen molar-refractivity contribution in [2.75, 3.05) is 32.2 Å². The quantitative estimate of drug-likeness (QED) is 0.769. The molecule has 1 aromatic rings. The van der Waals surface area contributed by atoms with Gasteiger partial charge in [0, 0.05) is 39.0 Å². The van der Waals surface area contributed by atoms with Crippen LogP contribution in [0, 0.1) is 0 Å². The number of benzene rings is 1. The molecule has 0 aliphatic heterocycles. The number of ether oxygens (including phenoxy) is 1. The van der Waals surface area contributed by atoms with Gasteiger partial charge in [-0.3, -0.25) is 0 Å². The van der Waals surface area contributed by atoms with Crippen LogP contribution < -0.4 is 10.6 Å². The molecule has 0 amide bonds. The predicted molar refractivity (Wildman–Crippen MR) is 64.2 cm³/mol. The molecule has 3 heteroatoms. The Morgan fingerprint density at radius 2 is 2.00 bits per heavy atom. The van der Waals surface area contributed by atoms with Gasteiger partial charge in [-0.15, -0.1) is 0 Å². The van der Waals surface area contributed by atoms with E-state index in [1.807, 2.05) is 18.2 Å². The number of anilines is 1. The van der Waals surface area contributed by atoms with E-state index < -0.39 is 0 Å². The minimum atomic E-state index is 0.162. The van der Waals surface area contributed by atoms with Gasteiger partial charge in [0.15, 0.2) is 0 Å². The molecule has 0 radical (unpaired) electrons. The number of hydrogen-bond acceptors (Lipinski definition) is 3. The van der Waals surface area contributed by atoms with Crippen molar-refractivity contribution in [3.8, 4) is 0 Å². The highest BCUT2D eigenvalue weighted by Gasteiger charge is 2.06. The average molecular weight is 208 g/mol. The molecule has 0 heterocycles. The fraction of sp³-hybridized carbons (Fsp3) is 0.500. The Morgan fingerprint density at radius 1 is 1.33 bits per heavy atom. The molecule has 15 heavy (non-hydrogen) atoms. The predicted octanol–water partition coefficient (Wildman–Crippen LogP) is 1.49. The minimum absolute atomic E-state index is 0.162. The molecule has 1 rings (SSSR count). The molecule has 84 valence electrons. The Morgan fingerprint density at radius 3 is 2.60 bits per heavy atom. The summed E-state index contributed by atoms with van der Waals surface area (Å²) >= 11 is 0. The van der Waals surface area contributed by atoms with Crippen molar-refractivity contribution in [3.05, 3.63) is 30.3 Å². The number of para-hydroxylation sites is 1. The van der Waals surface area contributed by atoms with Gasteiger partial charge in [-0.2, -0.15) is 0 Å². The monoisotopic (exact) mass is 208 g/mol. The van der Waals surface area contributed by atoms with Crippen LogP contribution in [-0.2, 0) is 4.74 Å². The molecule has 3 nitrogen and oxygen atoms in total. The van der Waals surface area contributed by atoms with E-state index in [1.54, 1.807) is 7.11 Å². The molecule has 2 N–H and O–H groups in total. The lowest BCUT2D eigenvalue weighted by atomic mass is 10.2. The second-order valence-corrected chi connectivity index (χ2v) is 3.76. The van der Waals surface area contributed by atoms with Crippen LogP contribution in [0.15, 0.2) is 30.3 Å². The lowest BCUT2D eigenvalue weighted by molar-refractivity contribution is 0.188. The zero-order chi connectivity index (χ0) is 11.1. The standard InChI is InChI=1S/C12H20N2O/c1-14(10-11(13)8-9-15-2)12-6-4-3-5-7-12/h3-7,11H,8-10,13H2,1-2H3. The number of likely N-dealkylation sites (N-methyl/N-ethyl adjacent to an activating group) is 1. The van der Waals surface area contributed by atoms with Crippen LogP contribution in [0.3, 0.4) is 0 Å². The van der Waals surface area contributed by atoms with Gasteiger partial charge in [0.1, 0.15) is 0 Å². The largest absolute Gasteiger partial charge is 0.385 e. The molecule has 0 aliphatic rings. The number of hydrogen-bond donors (Lipinski definition) is 1. The van der Waals surface area contributed by atoms with Crippen molar-refractivity contribution in [1.82, 2.24) is 0 Å². The highest BCUT2D eigenvalue weighted by molar-refractivity contribution is 5.45. The molecule has 0 saturated carbocycles. The zero-order valence-corrected chi connectivity index (χ0v) is 9.52. The van der Waals surface area contributed by atoms with E-state index in [0.717, 1.165) is 19.6 Å². The van der Waals surface area contributed by atoms with Gasteiger partial charge in [-0.25, -0.2) is 0 Å². The number of nitrogens with zero attached hydrogens (tertiary/aromatic N) is 1. The average Bonchev–Trinajstić information content (AvgIpc) is 2.27. The summed E-state index contributed by atoms with van der Waals surface area (Å²) in [5.41, 5.74) is 7.18. The van der Waals surface area contributed by atoms with Crippen molar-refractivity contribution in [2.24, 2.45) is 5.73 Å². The van der Waals surface area contributed by atoms with E-state index in [1.165, 1.54) is 5.69 Å². The van der Waals surface area contributed by atoms with Gasteiger partial charge in [0.2, 0.25) is 0 Å². The first-order valence-electron chi connectivity index (χ1n) is 5.24. The first-order chi connectivity index (χ1) is 7.24. The Kier molecular flexibility index (Phi) is 5.15. The lowest BCUT2D eigenvalue weighted by Crippen LogP contribution is -2.36. The van der Waals surface area contributed by atoms with Crippen molar-refractivity contribution in [2.45, 2.75) is 12.5 Å². The normalized spacial score (nSPS) is 12.5. The van der Waals surface area contributed by atoms with Gasteiger partial charge in [0.25, 0.3) is 0 Å². The molecule has 1 unspecified atom stereocenters. The summed E-state index contributed by atoms with van der Waals surface area (Å²) in [6.45, 7) is 1.58. The fourth-order valence-electron chi connectivity index (χ4n) is 1.50. The highest BCUT2D eigenvalue weighted by atomic mass is 16.5. The maximum Gasteiger partial charge on any atom is 0.0477 e. The molecule has 0 spiro atoms. The third kappa shape index (κ3) is 4.32. The van der Waals surface area contributed by atoms with E-state index in [-0.39, 0.29) is 6.04 Å². The summed E-state index contributed by atoms with van der Waals surface area (Å²) in [5.74, 6) is 0. The minimum Gasteiger partial charge on any atom is -0.385 e. The van der Waals surface area contributed by atoms with Crippen molar-refractivity contribution >= 4 is 5.69 Å². The van der Waals surface area contributed by atoms with E-state index in [0.29, 0.717) is 0 Å². The van der Waals surface area contributed by atoms with Crippen molar-refractivity contribution in [3.63, 3.8) is 0 Å². The summed E-state index contributed by atoms with van der Waals surface area (Å²) in [4.78, 5) is 2.17. The third-order valence-corrected chi connectivity index (χ3v) is 2.40. The Hall–Kier alpha value is -1.06. The molecular weight excluding hydrogens is 188 g/mol. The maximum atomic E-state index is 5.98. The summed E-state index contributed by atoms with van der Waals surface area (Å²) < 4.78 is 5.00. The van der Waals surface area contributed by atoms with Crippen LogP contribution in [0.2, 0.25) is 0 Å². The molecule has 0 fully saturated rings. The fourth-order valence-corrected chi connectivity index (χ4v) is 1.50. The lowest BCUT2D eigenvalue weighted by Gasteiger charge is -2.23. The van der Waals surface area contributed by atoms with Gasteiger partial charge in [0.05, 0.1) is 0 Å². The first kappa shape index (κ1) is 12.0. The van der Waals surface area contributed by atoms with E-state index in [2.05, 4.69) is 24.1 Å². The van der Waals surface area contributed by atoms with Crippen LogP contribution in [0.4, 0.5) is 5.69 Å². The van der Waals surface area contributed by atoms with E-state index >= 15 is 0 Å². The number of nitrogens with two attached hydrogens (primary N) is 1. The summed E-state index contributed by atoms with van der Waals surface area (Å²) in [6, 6.07) is 10.4. The first-order valence-corrected chi connectivity index (χ1v) is 5.24. The SMILES string of the molecule is COCCC(N)CN(C)c1ccccc1. The molecule has 1 aromatic carbocycles. The van der Waals surface area contributed by atoms with Crippen molar-refractivity contribution < 1.29 is 4.74 Å².